The van der Waals surface area contributed by atoms with Crippen molar-refractivity contribution in [2.45, 2.75) is 24.9 Å². The number of thioether (sulfide) groups is 1. The molecular weight excluding hydrogens is 288 g/mol. The zero-order chi connectivity index (χ0) is 13.6. The molecule has 0 bridgehead atoms. The lowest BCUT2D eigenvalue weighted by Gasteiger charge is -2.35. The van der Waals surface area contributed by atoms with Crippen LogP contribution in [-0.2, 0) is 4.74 Å². The van der Waals surface area contributed by atoms with Crippen molar-refractivity contribution in [2.24, 2.45) is 0 Å². The number of nitrogens with one attached hydrogen (secondary N) is 1. The Kier molecular flexibility index (Phi) is 5.79. The molecule has 0 aromatic carbocycles. The highest BCUT2D eigenvalue weighted by molar-refractivity contribution is 7.99. The van der Waals surface area contributed by atoms with Crippen molar-refractivity contribution in [3.63, 3.8) is 0 Å². The fourth-order valence-electron chi connectivity index (χ4n) is 2.96. The summed E-state index contributed by atoms with van der Waals surface area (Å²) in [6.07, 6.45) is 2.71. The Morgan fingerprint density at radius 2 is 2.30 bits per heavy atom. The molecule has 3 rings (SSSR count). The van der Waals surface area contributed by atoms with Crippen LogP contribution in [0.1, 0.15) is 23.8 Å². The topological polar surface area (TPSA) is 24.5 Å². The molecule has 20 heavy (non-hydrogen) atoms. The van der Waals surface area contributed by atoms with E-state index in [1.165, 1.54) is 29.2 Å². The monoisotopic (exact) mass is 312 g/mol. The van der Waals surface area contributed by atoms with E-state index in [0.29, 0.717) is 12.1 Å². The minimum absolute atomic E-state index is 0.519. The third kappa shape index (κ3) is 3.98. The number of hydrogen-bond donors (Lipinski definition) is 1. The standard InChI is InChI=1S/C15H24N2OS2/c1-3-13(12-19-9-1)16-11-14(15-4-2-10-20-15)17-5-7-18-8-6-17/h2,4,10,13-14,16H,1,3,5-9,11-12H2. The highest BCUT2D eigenvalue weighted by Gasteiger charge is 2.24. The van der Waals surface area contributed by atoms with Crippen LogP contribution in [0.15, 0.2) is 17.5 Å². The summed E-state index contributed by atoms with van der Waals surface area (Å²) in [5.41, 5.74) is 0. The minimum atomic E-state index is 0.519. The first-order chi connectivity index (χ1) is 9.93. The van der Waals surface area contributed by atoms with Gasteiger partial charge in [0.2, 0.25) is 0 Å². The van der Waals surface area contributed by atoms with Crippen molar-refractivity contribution >= 4 is 23.1 Å². The Labute approximate surface area is 130 Å². The van der Waals surface area contributed by atoms with Crippen molar-refractivity contribution in [1.82, 2.24) is 10.2 Å². The molecule has 0 amide bonds. The van der Waals surface area contributed by atoms with Crippen LogP contribution in [0, 0.1) is 0 Å². The van der Waals surface area contributed by atoms with Crippen LogP contribution in [0.4, 0.5) is 0 Å². The van der Waals surface area contributed by atoms with Crippen LogP contribution < -0.4 is 5.32 Å². The van der Waals surface area contributed by atoms with Gasteiger partial charge in [-0.15, -0.1) is 11.3 Å². The van der Waals surface area contributed by atoms with Crippen molar-refractivity contribution in [2.75, 3.05) is 44.4 Å². The maximum absolute atomic E-state index is 5.50. The van der Waals surface area contributed by atoms with Crippen molar-refractivity contribution in [3.8, 4) is 0 Å². The second-order valence-corrected chi connectivity index (χ2v) is 7.63. The molecule has 2 fully saturated rings. The van der Waals surface area contributed by atoms with E-state index < -0.39 is 0 Å². The maximum Gasteiger partial charge on any atom is 0.0594 e. The van der Waals surface area contributed by atoms with Crippen LogP contribution >= 0.6 is 23.1 Å². The first kappa shape index (κ1) is 14.9. The molecule has 2 atom stereocenters. The van der Waals surface area contributed by atoms with E-state index in [1.54, 1.807) is 0 Å². The van der Waals surface area contributed by atoms with Crippen LogP contribution in [0.5, 0.6) is 0 Å². The van der Waals surface area contributed by atoms with Crippen LogP contribution in [0.25, 0.3) is 0 Å². The predicted molar refractivity (Wildman–Crippen MR) is 87.8 cm³/mol. The molecular formula is C15H24N2OS2. The molecule has 1 N–H and O–H groups in total. The fraction of sp³-hybridized carbons (Fsp3) is 0.733. The fourth-order valence-corrected chi connectivity index (χ4v) is 4.93. The van der Waals surface area contributed by atoms with Crippen molar-refractivity contribution < 1.29 is 4.74 Å². The second kappa shape index (κ2) is 7.80. The Balaban J connectivity index is 1.59. The molecule has 0 aliphatic carbocycles. The second-order valence-electron chi connectivity index (χ2n) is 5.50. The lowest BCUT2D eigenvalue weighted by atomic mass is 10.1. The summed E-state index contributed by atoms with van der Waals surface area (Å²) >= 11 is 3.98. The van der Waals surface area contributed by atoms with Gasteiger partial charge in [-0.2, -0.15) is 11.8 Å². The van der Waals surface area contributed by atoms with Gasteiger partial charge in [0.1, 0.15) is 0 Å². The van der Waals surface area contributed by atoms with E-state index in [1.807, 2.05) is 11.3 Å². The summed E-state index contributed by atoms with van der Waals surface area (Å²) in [5, 5.41) is 6.00. The van der Waals surface area contributed by atoms with Gasteiger partial charge in [0, 0.05) is 36.3 Å². The maximum atomic E-state index is 5.50. The summed E-state index contributed by atoms with van der Waals surface area (Å²) in [4.78, 5) is 4.07. The molecule has 1 aromatic rings. The molecule has 3 nitrogen and oxygen atoms in total. The van der Waals surface area contributed by atoms with Crippen LogP contribution in [0.3, 0.4) is 0 Å². The molecule has 3 heterocycles. The van der Waals surface area contributed by atoms with Gasteiger partial charge in [0.15, 0.2) is 0 Å². The molecule has 5 heteroatoms. The average molecular weight is 313 g/mol. The van der Waals surface area contributed by atoms with E-state index in [-0.39, 0.29) is 0 Å². The number of ether oxygens (including phenoxy) is 1. The zero-order valence-electron chi connectivity index (χ0n) is 11.9. The zero-order valence-corrected chi connectivity index (χ0v) is 13.6. The number of morpholine rings is 1. The van der Waals surface area contributed by atoms with E-state index in [2.05, 4.69) is 39.5 Å². The molecule has 1 aromatic heterocycles. The van der Waals surface area contributed by atoms with Gasteiger partial charge < -0.3 is 10.1 Å². The molecule has 0 radical (unpaired) electrons. The molecule has 2 saturated heterocycles. The number of rotatable bonds is 5. The highest BCUT2D eigenvalue weighted by Crippen LogP contribution is 2.26. The Bertz CT molecular complexity index is 373. The predicted octanol–water partition coefficient (Wildman–Crippen LogP) is 2.61. The molecule has 2 aliphatic heterocycles. The van der Waals surface area contributed by atoms with E-state index in [9.17, 15) is 0 Å². The number of thiophene rings is 1. The van der Waals surface area contributed by atoms with E-state index in [4.69, 9.17) is 4.74 Å². The normalized spacial score (nSPS) is 26.5. The van der Waals surface area contributed by atoms with Gasteiger partial charge in [-0.05, 0) is 30.0 Å². The summed E-state index contributed by atoms with van der Waals surface area (Å²) < 4.78 is 5.50. The van der Waals surface area contributed by atoms with Crippen molar-refractivity contribution in [1.29, 1.82) is 0 Å². The third-order valence-electron chi connectivity index (χ3n) is 4.12. The summed E-state index contributed by atoms with van der Waals surface area (Å²) in [7, 11) is 0. The minimum Gasteiger partial charge on any atom is -0.379 e. The quantitative estimate of drug-likeness (QED) is 0.903. The van der Waals surface area contributed by atoms with Gasteiger partial charge in [0.25, 0.3) is 0 Å². The Hall–Kier alpha value is -0.0700. The van der Waals surface area contributed by atoms with E-state index in [0.717, 1.165) is 32.8 Å². The lowest BCUT2D eigenvalue weighted by molar-refractivity contribution is 0.0164. The number of hydrogen-bond acceptors (Lipinski definition) is 5. The summed E-state index contributed by atoms with van der Waals surface area (Å²) in [6.45, 7) is 4.95. The van der Waals surface area contributed by atoms with Crippen LogP contribution in [-0.4, -0.2) is 55.3 Å². The van der Waals surface area contributed by atoms with Gasteiger partial charge in [-0.1, -0.05) is 6.07 Å². The third-order valence-corrected chi connectivity index (χ3v) is 6.31. The van der Waals surface area contributed by atoms with Gasteiger partial charge in [-0.3, -0.25) is 4.90 Å². The highest BCUT2D eigenvalue weighted by atomic mass is 32.2. The van der Waals surface area contributed by atoms with Crippen molar-refractivity contribution in [3.05, 3.63) is 22.4 Å². The molecule has 112 valence electrons. The molecule has 0 saturated carbocycles. The Morgan fingerprint density at radius 3 is 3.00 bits per heavy atom. The largest absolute Gasteiger partial charge is 0.379 e. The smallest absolute Gasteiger partial charge is 0.0594 e. The molecule has 0 spiro atoms. The first-order valence-electron chi connectivity index (χ1n) is 7.60. The van der Waals surface area contributed by atoms with Crippen LogP contribution in [0.2, 0.25) is 0 Å². The van der Waals surface area contributed by atoms with Gasteiger partial charge in [-0.25, -0.2) is 0 Å². The molecule has 2 unspecified atom stereocenters. The summed E-state index contributed by atoms with van der Waals surface area (Å²) in [5.74, 6) is 2.62. The average Bonchev–Trinajstić information content (AvgIpc) is 3.04. The Morgan fingerprint density at radius 1 is 1.40 bits per heavy atom. The van der Waals surface area contributed by atoms with Gasteiger partial charge >= 0.3 is 0 Å². The first-order valence-corrected chi connectivity index (χ1v) is 9.63. The lowest BCUT2D eigenvalue weighted by Crippen LogP contribution is -2.45. The SMILES string of the molecule is c1csc(C(CNC2CCCSC2)N2CCOCC2)c1. The summed E-state index contributed by atoms with van der Waals surface area (Å²) in [6, 6.07) is 5.68. The van der Waals surface area contributed by atoms with E-state index >= 15 is 0 Å². The molecule has 2 aliphatic rings. The number of nitrogens with zero attached hydrogens (tertiary/aromatic N) is 1. The van der Waals surface area contributed by atoms with Gasteiger partial charge in [0.05, 0.1) is 19.3 Å².